The number of amides is 1. The van der Waals surface area contributed by atoms with E-state index in [9.17, 15) is 14.9 Å². The summed E-state index contributed by atoms with van der Waals surface area (Å²) in [5.41, 5.74) is 2.87. The first kappa shape index (κ1) is 15.8. The molecule has 0 spiro atoms. The molecule has 0 saturated heterocycles. The molecule has 4 rings (SSSR count). The quantitative estimate of drug-likeness (QED) is 0.565. The molecule has 1 heterocycles. The van der Waals surface area contributed by atoms with Crippen molar-refractivity contribution in [3.05, 3.63) is 100 Å². The maximum atomic E-state index is 13.2. The fourth-order valence-corrected chi connectivity index (χ4v) is 3.12. The first-order valence-electron chi connectivity index (χ1n) is 8.14. The van der Waals surface area contributed by atoms with E-state index in [1.807, 2.05) is 48.5 Å². The van der Waals surface area contributed by atoms with Crippen LogP contribution in [-0.2, 0) is 0 Å². The number of carbonyl (C=O) groups excluding carboxylic acids is 1. The molecule has 1 amide bonds. The van der Waals surface area contributed by atoms with Gasteiger partial charge in [-0.1, -0.05) is 30.3 Å². The highest BCUT2D eigenvalue weighted by Crippen LogP contribution is 2.36. The summed E-state index contributed by atoms with van der Waals surface area (Å²) in [6.07, 6.45) is -0.458. The molecule has 1 aliphatic heterocycles. The van der Waals surface area contributed by atoms with Crippen molar-refractivity contribution < 1.29 is 9.72 Å². The molecule has 0 aromatic heterocycles. The Morgan fingerprint density at radius 2 is 1.54 bits per heavy atom. The third-order valence-electron chi connectivity index (χ3n) is 4.38. The van der Waals surface area contributed by atoms with Crippen molar-refractivity contribution in [2.24, 2.45) is 0 Å². The Hall–Kier alpha value is -3.67. The summed E-state index contributed by atoms with van der Waals surface area (Å²) in [4.78, 5) is 25.3. The Morgan fingerprint density at radius 1 is 0.885 bits per heavy atom. The minimum atomic E-state index is -0.458. The lowest BCUT2D eigenvalue weighted by Gasteiger charge is -2.38. The molecule has 0 unspecified atom stereocenters. The molecule has 6 nitrogen and oxygen atoms in total. The summed E-state index contributed by atoms with van der Waals surface area (Å²) >= 11 is 0. The van der Waals surface area contributed by atoms with Crippen molar-refractivity contribution >= 4 is 23.0 Å². The molecule has 0 aliphatic carbocycles. The zero-order valence-corrected chi connectivity index (χ0v) is 13.7. The first-order chi connectivity index (χ1) is 12.6. The molecule has 6 heteroatoms. The van der Waals surface area contributed by atoms with Crippen LogP contribution in [0.2, 0.25) is 0 Å². The van der Waals surface area contributed by atoms with Gasteiger partial charge < -0.3 is 5.32 Å². The average molecular weight is 345 g/mol. The lowest BCUT2D eigenvalue weighted by Crippen LogP contribution is -2.43. The van der Waals surface area contributed by atoms with Crippen LogP contribution >= 0.6 is 0 Å². The summed E-state index contributed by atoms with van der Waals surface area (Å²) < 4.78 is 0. The van der Waals surface area contributed by atoms with Crippen LogP contribution in [0.3, 0.4) is 0 Å². The zero-order chi connectivity index (χ0) is 18.1. The lowest BCUT2D eigenvalue weighted by atomic mass is 10.0. The third kappa shape index (κ3) is 2.67. The van der Waals surface area contributed by atoms with Crippen molar-refractivity contribution in [2.75, 3.05) is 10.2 Å². The number of non-ortho nitro benzene ring substituents is 1. The molecule has 1 atom stereocenters. The van der Waals surface area contributed by atoms with E-state index in [-0.39, 0.29) is 11.6 Å². The van der Waals surface area contributed by atoms with E-state index < -0.39 is 11.1 Å². The Balaban J connectivity index is 1.82. The summed E-state index contributed by atoms with van der Waals surface area (Å²) in [6.45, 7) is 0. The van der Waals surface area contributed by atoms with Gasteiger partial charge in [-0.15, -0.1) is 0 Å². The number of hydrogen-bond acceptors (Lipinski definition) is 4. The van der Waals surface area contributed by atoms with E-state index >= 15 is 0 Å². The summed E-state index contributed by atoms with van der Waals surface area (Å²) in [6, 6.07) is 22.9. The largest absolute Gasteiger partial charge is 0.360 e. The van der Waals surface area contributed by atoms with Gasteiger partial charge in [0.05, 0.1) is 10.5 Å². The first-order valence-corrected chi connectivity index (χ1v) is 8.14. The summed E-state index contributed by atoms with van der Waals surface area (Å²) in [7, 11) is 0. The Morgan fingerprint density at radius 3 is 2.23 bits per heavy atom. The predicted octanol–water partition coefficient (Wildman–Crippen LogP) is 4.37. The number of carbonyl (C=O) groups is 1. The van der Waals surface area contributed by atoms with Crippen molar-refractivity contribution in [3.8, 4) is 0 Å². The molecule has 128 valence electrons. The van der Waals surface area contributed by atoms with Crippen LogP contribution < -0.4 is 10.2 Å². The van der Waals surface area contributed by atoms with E-state index in [4.69, 9.17) is 0 Å². The highest BCUT2D eigenvalue weighted by molar-refractivity contribution is 6.12. The number of nitro benzene ring substituents is 1. The topological polar surface area (TPSA) is 75.5 Å². The number of anilines is 2. The van der Waals surface area contributed by atoms with Crippen LogP contribution in [0.4, 0.5) is 17.1 Å². The molecule has 26 heavy (non-hydrogen) atoms. The highest BCUT2D eigenvalue weighted by Gasteiger charge is 2.34. The van der Waals surface area contributed by atoms with Crippen molar-refractivity contribution in [1.29, 1.82) is 0 Å². The zero-order valence-electron chi connectivity index (χ0n) is 13.7. The lowest BCUT2D eigenvalue weighted by molar-refractivity contribution is -0.384. The number of benzene rings is 3. The minimum absolute atomic E-state index is 0.0162. The van der Waals surface area contributed by atoms with Gasteiger partial charge >= 0.3 is 0 Å². The number of nitrogens with zero attached hydrogens (tertiary/aromatic N) is 2. The maximum Gasteiger partial charge on any atom is 0.269 e. The van der Waals surface area contributed by atoms with Crippen molar-refractivity contribution in [1.82, 2.24) is 0 Å². The van der Waals surface area contributed by atoms with Gasteiger partial charge in [-0.25, -0.2) is 0 Å². The molecular formula is C20H15N3O3. The van der Waals surface area contributed by atoms with Gasteiger partial charge in [-0.3, -0.25) is 19.8 Å². The van der Waals surface area contributed by atoms with E-state index in [1.54, 1.807) is 23.1 Å². The maximum absolute atomic E-state index is 13.2. The van der Waals surface area contributed by atoms with E-state index in [0.717, 1.165) is 16.9 Å². The van der Waals surface area contributed by atoms with Crippen molar-refractivity contribution in [2.45, 2.75) is 6.17 Å². The molecule has 0 saturated carbocycles. The van der Waals surface area contributed by atoms with Gasteiger partial charge in [-0.05, 0) is 42.0 Å². The Kier molecular flexibility index (Phi) is 3.85. The molecule has 0 fully saturated rings. The van der Waals surface area contributed by atoms with Crippen molar-refractivity contribution in [3.63, 3.8) is 0 Å². The highest BCUT2D eigenvalue weighted by atomic mass is 16.6. The molecular weight excluding hydrogens is 330 g/mol. The van der Waals surface area contributed by atoms with Crippen LogP contribution in [0.1, 0.15) is 22.1 Å². The molecule has 3 aromatic carbocycles. The van der Waals surface area contributed by atoms with E-state index in [0.29, 0.717) is 5.56 Å². The van der Waals surface area contributed by atoms with E-state index in [1.165, 1.54) is 12.1 Å². The molecule has 1 N–H and O–H groups in total. The Bertz CT molecular complexity index is 971. The summed E-state index contributed by atoms with van der Waals surface area (Å²) in [5, 5.41) is 14.3. The van der Waals surface area contributed by atoms with Gasteiger partial charge in [0.2, 0.25) is 0 Å². The summed E-state index contributed by atoms with van der Waals surface area (Å²) in [5.74, 6) is -0.117. The van der Waals surface area contributed by atoms with Crippen LogP contribution in [-0.4, -0.2) is 10.8 Å². The molecule has 0 radical (unpaired) electrons. The van der Waals surface area contributed by atoms with Crippen LogP contribution in [0.5, 0.6) is 0 Å². The van der Waals surface area contributed by atoms with Crippen LogP contribution in [0.15, 0.2) is 78.9 Å². The predicted molar refractivity (Wildman–Crippen MR) is 99.2 cm³/mol. The van der Waals surface area contributed by atoms with Gasteiger partial charge in [0.1, 0.15) is 6.17 Å². The van der Waals surface area contributed by atoms with Gasteiger partial charge in [0.15, 0.2) is 0 Å². The fourth-order valence-electron chi connectivity index (χ4n) is 3.12. The molecule has 0 bridgehead atoms. The van der Waals surface area contributed by atoms with E-state index in [2.05, 4.69) is 5.32 Å². The minimum Gasteiger partial charge on any atom is -0.360 e. The average Bonchev–Trinajstić information content (AvgIpc) is 2.68. The number of nitrogens with one attached hydrogen (secondary N) is 1. The smallest absolute Gasteiger partial charge is 0.269 e. The number of fused-ring (bicyclic) bond motifs is 1. The SMILES string of the molecule is O=C1c2ccccc2N[C@@H](c2ccc([N+](=O)[O-])cc2)N1c1ccccc1. The third-order valence-corrected chi connectivity index (χ3v) is 4.38. The Labute approximate surface area is 149 Å². The molecule has 3 aromatic rings. The number of hydrogen-bond donors (Lipinski definition) is 1. The second-order valence-electron chi connectivity index (χ2n) is 5.95. The second kappa shape index (κ2) is 6.33. The standard InChI is InChI=1S/C20H15N3O3/c24-20-17-8-4-5-9-18(17)21-19(22(20)15-6-2-1-3-7-15)14-10-12-16(13-11-14)23(25)26/h1-13,19,21H/t19-/m1/s1. The number of nitro groups is 1. The second-order valence-corrected chi connectivity index (χ2v) is 5.95. The van der Waals surface area contributed by atoms with Gasteiger partial charge in [-0.2, -0.15) is 0 Å². The van der Waals surface area contributed by atoms with Gasteiger partial charge in [0, 0.05) is 23.5 Å². The van der Waals surface area contributed by atoms with Gasteiger partial charge in [0.25, 0.3) is 11.6 Å². The fraction of sp³-hybridized carbons (Fsp3) is 0.0500. The number of para-hydroxylation sites is 2. The normalized spacial score (nSPS) is 15.9. The molecule has 1 aliphatic rings. The monoisotopic (exact) mass is 345 g/mol. The van der Waals surface area contributed by atoms with Crippen LogP contribution in [0, 0.1) is 10.1 Å². The number of rotatable bonds is 3. The van der Waals surface area contributed by atoms with Crippen LogP contribution in [0.25, 0.3) is 0 Å².